The summed E-state index contributed by atoms with van der Waals surface area (Å²) < 4.78 is 12.1. The zero-order valence-electron chi connectivity index (χ0n) is 20.2. The second-order valence-corrected chi connectivity index (χ2v) is 8.81. The minimum Gasteiger partial charge on any atom is -0.490 e. The van der Waals surface area contributed by atoms with Gasteiger partial charge in [-0.3, -0.25) is 9.59 Å². The smallest absolute Gasteiger partial charge is 0.323 e. The van der Waals surface area contributed by atoms with E-state index in [1.54, 1.807) is 54.4 Å². The van der Waals surface area contributed by atoms with Crippen LogP contribution in [0.5, 0.6) is 5.75 Å². The molecule has 3 N–H and O–H groups in total. The number of anilines is 2. The fourth-order valence-corrected chi connectivity index (χ4v) is 4.50. The number of rotatable bonds is 5. The van der Waals surface area contributed by atoms with Crippen LogP contribution in [0.3, 0.4) is 0 Å². The van der Waals surface area contributed by atoms with Crippen molar-refractivity contribution in [3.8, 4) is 11.8 Å². The number of urea groups is 1. The molecule has 2 aliphatic heterocycles. The SMILES string of the molecule is CCNC(=O)C[C@H]1CC[C@H]2[C@@H](COc3ccc(NC(=O)Nc4ccc(C#N)cc4)cc3C(=O)N2C)O1. The molecule has 2 aliphatic rings. The lowest BCUT2D eigenvalue weighted by molar-refractivity contribution is -0.133. The molecule has 2 heterocycles. The highest BCUT2D eigenvalue weighted by molar-refractivity contribution is 6.02. The molecule has 1 fully saturated rings. The maximum Gasteiger partial charge on any atom is 0.323 e. The molecule has 2 aromatic rings. The molecule has 3 atom stereocenters. The van der Waals surface area contributed by atoms with Gasteiger partial charge in [-0.1, -0.05) is 0 Å². The predicted octanol–water partition coefficient (Wildman–Crippen LogP) is 3.11. The van der Waals surface area contributed by atoms with Gasteiger partial charge in [0, 0.05) is 25.0 Å². The van der Waals surface area contributed by atoms with Crippen LogP contribution in [0.2, 0.25) is 0 Å². The number of nitriles is 1. The average molecular weight is 492 g/mol. The number of ether oxygens (including phenoxy) is 2. The van der Waals surface area contributed by atoms with E-state index in [0.717, 1.165) is 0 Å². The van der Waals surface area contributed by atoms with Crippen molar-refractivity contribution in [2.75, 3.05) is 30.8 Å². The van der Waals surface area contributed by atoms with Crippen LogP contribution in [0, 0.1) is 11.3 Å². The molecule has 1 saturated heterocycles. The molecule has 0 aliphatic carbocycles. The second kappa shape index (κ2) is 11.1. The average Bonchev–Trinajstić information content (AvgIpc) is 2.87. The van der Waals surface area contributed by atoms with Gasteiger partial charge >= 0.3 is 6.03 Å². The standard InChI is InChI=1S/C26H29N5O5/c1-3-28-24(32)13-19-9-10-21-23(36-19)15-35-22-11-8-18(12-20(22)25(33)31(21)2)30-26(34)29-17-6-4-16(14-27)5-7-17/h4-8,11-12,19,21,23H,3,9-10,13,15H2,1-2H3,(H,28,32)(H2,29,30,34)/t19-,21+,23-/m1/s1. The van der Waals surface area contributed by atoms with Crippen molar-refractivity contribution in [3.63, 3.8) is 0 Å². The van der Waals surface area contributed by atoms with Crippen LogP contribution in [0.1, 0.15) is 42.1 Å². The maximum absolute atomic E-state index is 13.3. The lowest BCUT2D eigenvalue weighted by Crippen LogP contribution is -2.54. The van der Waals surface area contributed by atoms with E-state index < -0.39 is 6.03 Å². The van der Waals surface area contributed by atoms with E-state index in [9.17, 15) is 14.4 Å². The van der Waals surface area contributed by atoms with Crippen molar-refractivity contribution in [3.05, 3.63) is 53.6 Å². The molecule has 10 nitrogen and oxygen atoms in total. The van der Waals surface area contributed by atoms with Crippen LogP contribution >= 0.6 is 0 Å². The Morgan fingerprint density at radius 1 is 1.11 bits per heavy atom. The Hall–Kier alpha value is -4.10. The number of carbonyl (C=O) groups is 3. The molecule has 0 unspecified atom stereocenters. The first-order chi connectivity index (χ1) is 17.4. The van der Waals surface area contributed by atoms with Gasteiger partial charge in [-0.25, -0.2) is 4.79 Å². The number of carbonyl (C=O) groups excluding carboxylic acids is 3. The molecule has 36 heavy (non-hydrogen) atoms. The zero-order valence-corrected chi connectivity index (χ0v) is 20.2. The quantitative estimate of drug-likeness (QED) is 0.589. The second-order valence-electron chi connectivity index (χ2n) is 8.81. The van der Waals surface area contributed by atoms with Crippen molar-refractivity contribution < 1.29 is 23.9 Å². The summed E-state index contributed by atoms with van der Waals surface area (Å²) in [6, 6.07) is 12.7. The van der Waals surface area contributed by atoms with Crippen LogP contribution in [0.25, 0.3) is 0 Å². The summed E-state index contributed by atoms with van der Waals surface area (Å²) in [5.41, 5.74) is 1.81. The largest absolute Gasteiger partial charge is 0.490 e. The summed E-state index contributed by atoms with van der Waals surface area (Å²) in [6.07, 6.45) is 1.08. The number of benzene rings is 2. The third kappa shape index (κ3) is 5.75. The number of hydrogen-bond acceptors (Lipinski definition) is 6. The first-order valence-electron chi connectivity index (χ1n) is 11.9. The molecular formula is C26H29N5O5. The predicted molar refractivity (Wildman–Crippen MR) is 133 cm³/mol. The summed E-state index contributed by atoms with van der Waals surface area (Å²) >= 11 is 0. The summed E-state index contributed by atoms with van der Waals surface area (Å²) in [6.45, 7) is 2.69. The molecule has 0 bridgehead atoms. The van der Waals surface area contributed by atoms with Gasteiger partial charge in [0.1, 0.15) is 18.5 Å². The summed E-state index contributed by atoms with van der Waals surface area (Å²) in [4.78, 5) is 39.4. The van der Waals surface area contributed by atoms with Crippen molar-refractivity contribution in [1.82, 2.24) is 10.2 Å². The van der Waals surface area contributed by atoms with E-state index in [-0.39, 0.29) is 43.1 Å². The van der Waals surface area contributed by atoms with Gasteiger partial charge < -0.3 is 30.3 Å². The van der Waals surface area contributed by atoms with Crippen molar-refractivity contribution in [2.45, 2.75) is 44.4 Å². The zero-order chi connectivity index (χ0) is 25.7. The first-order valence-corrected chi connectivity index (χ1v) is 11.9. The molecular weight excluding hydrogens is 462 g/mol. The third-order valence-corrected chi connectivity index (χ3v) is 6.33. The van der Waals surface area contributed by atoms with E-state index in [4.69, 9.17) is 14.7 Å². The van der Waals surface area contributed by atoms with Crippen LogP contribution in [0.4, 0.5) is 16.2 Å². The fourth-order valence-electron chi connectivity index (χ4n) is 4.50. The van der Waals surface area contributed by atoms with Crippen LogP contribution < -0.4 is 20.7 Å². The van der Waals surface area contributed by atoms with Gasteiger partial charge in [-0.05, 0) is 62.2 Å². The monoisotopic (exact) mass is 491 g/mol. The molecule has 0 radical (unpaired) electrons. The highest BCUT2D eigenvalue weighted by Gasteiger charge is 2.39. The van der Waals surface area contributed by atoms with Gasteiger partial charge in [-0.15, -0.1) is 0 Å². The lowest BCUT2D eigenvalue weighted by atomic mass is 9.94. The van der Waals surface area contributed by atoms with E-state index in [2.05, 4.69) is 16.0 Å². The normalized spacial score (nSPS) is 21.0. The van der Waals surface area contributed by atoms with E-state index >= 15 is 0 Å². The van der Waals surface area contributed by atoms with Crippen LogP contribution in [0.15, 0.2) is 42.5 Å². The van der Waals surface area contributed by atoms with Gasteiger partial charge in [0.15, 0.2) is 0 Å². The Morgan fingerprint density at radius 3 is 2.56 bits per heavy atom. The number of fused-ring (bicyclic) bond motifs is 2. The van der Waals surface area contributed by atoms with Gasteiger partial charge in [0.2, 0.25) is 5.91 Å². The highest BCUT2D eigenvalue weighted by atomic mass is 16.5. The minimum absolute atomic E-state index is 0.0502. The number of nitrogens with one attached hydrogen (secondary N) is 3. The summed E-state index contributed by atoms with van der Waals surface area (Å²) in [5.74, 6) is 0.116. The van der Waals surface area contributed by atoms with Gasteiger partial charge in [0.25, 0.3) is 5.91 Å². The van der Waals surface area contributed by atoms with Crippen LogP contribution in [-0.4, -0.2) is 61.2 Å². The molecule has 0 spiro atoms. The van der Waals surface area contributed by atoms with Gasteiger partial charge in [-0.2, -0.15) is 5.26 Å². The third-order valence-electron chi connectivity index (χ3n) is 6.33. The van der Waals surface area contributed by atoms with E-state index in [0.29, 0.717) is 47.6 Å². The Morgan fingerprint density at radius 2 is 1.83 bits per heavy atom. The Kier molecular flexibility index (Phi) is 7.71. The first kappa shape index (κ1) is 25.0. The molecule has 10 heteroatoms. The molecule has 0 saturated carbocycles. The van der Waals surface area contributed by atoms with Crippen molar-refractivity contribution >= 4 is 29.2 Å². The number of nitrogens with zero attached hydrogens (tertiary/aromatic N) is 2. The van der Waals surface area contributed by atoms with E-state index in [1.807, 2.05) is 13.0 Å². The molecule has 0 aromatic heterocycles. The molecule has 2 aromatic carbocycles. The molecule has 188 valence electrons. The topological polar surface area (TPSA) is 133 Å². The lowest BCUT2D eigenvalue weighted by Gasteiger charge is -2.42. The Labute approximate surface area is 209 Å². The Balaban J connectivity index is 1.44. The van der Waals surface area contributed by atoms with E-state index in [1.165, 1.54) is 0 Å². The highest BCUT2D eigenvalue weighted by Crippen LogP contribution is 2.32. The Bertz CT molecular complexity index is 1180. The minimum atomic E-state index is -0.480. The van der Waals surface area contributed by atoms with Crippen molar-refractivity contribution in [2.24, 2.45) is 0 Å². The molecule has 4 rings (SSSR count). The number of amides is 4. The molecule has 4 amide bonds. The maximum atomic E-state index is 13.3. The number of likely N-dealkylation sites (N-methyl/N-ethyl adjacent to an activating group) is 1. The number of hydrogen-bond donors (Lipinski definition) is 3. The summed E-state index contributed by atoms with van der Waals surface area (Å²) in [7, 11) is 1.74. The van der Waals surface area contributed by atoms with Gasteiger partial charge in [0.05, 0.1) is 35.8 Å². The fraction of sp³-hybridized carbons (Fsp3) is 0.385. The van der Waals surface area contributed by atoms with Crippen LogP contribution in [-0.2, 0) is 9.53 Å². The summed E-state index contributed by atoms with van der Waals surface area (Å²) in [5, 5.41) is 17.1. The van der Waals surface area contributed by atoms with Crippen molar-refractivity contribution in [1.29, 1.82) is 5.26 Å².